The maximum absolute atomic E-state index is 11.1. The quantitative estimate of drug-likeness (QED) is 0.688. The first-order valence-corrected chi connectivity index (χ1v) is 4.16. The van der Waals surface area contributed by atoms with Crippen LogP contribution in [0.1, 0.15) is 17.3 Å². The van der Waals surface area contributed by atoms with Crippen molar-refractivity contribution in [3.8, 4) is 0 Å². The minimum absolute atomic E-state index is 0.173. The molecule has 0 atom stereocenters. The molecule has 1 amide bonds. The second-order valence-corrected chi connectivity index (χ2v) is 2.83. The van der Waals surface area contributed by atoms with Gasteiger partial charge in [-0.3, -0.25) is 4.79 Å². The molecule has 0 radical (unpaired) electrons. The van der Waals surface area contributed by atoms with Gasteiger partial charge in [0.15, 0.2) is 0 Å². The summed E-state index contributed by atoms with van der Waals surface area (Å²) < 4.78 is 4.49. The van der Waals surface area contributed by atoms with E-state index in [0.29, 0.717) is 5.82 Å². The lowest BCUT2D eigenvalue weighted by molar-refractivity contribution is -0.114. The van der Waals surface area contributed by atoms with Crippen molar-refractivity contribution in [2.45, 2.75) is 6.92 Å². The van der Waals surface area contributed by atoms with Crippen LogP contribution in [0, 0.1) is 0 Å². The number of hydrogen-bond donors (Lipinski definition) is 2. The minimum Gasteiger partial charge on any atom is -0.465 e. The van der Waals surface area contributed by atoms with Crippen molar-refractivity contribution in [2.75, 3.05) is 18.2 Å². The van der Waals surface area contributed by atoms with Gasteiger partial charge in [-0.15, -0.1) is 0 Å². The first-order valence-electron chi connectivity index (χ1n) is 4.16. The van der Waals surface area contributed by atoms with Crippen molar-refractivity contribution >= 4 is 23.4 Å². The Kier molecular flexibility index (Phi) is 3.22. The highest BCUT2D eigenvalue weighted by molar-refractivity contribution is 5.96. The smallest absolute Gasteiger partial charge is 0.341 e. The van der Waals surface area contributed by atoms with Gasteiger partial charge in [0.1, 0.15) is 11.4 Å². The van der Waals surface area contributed by atoms with Gasteiger partial charge in [-0.2, -0.15) is 0 Å². The van der Waals surface area contributed by atoms with Gasteiger partial charge in [-0.25, -0.2) is 9.78 Å². The fourth-order valence-electron chi connectivity index (χ4n) is 1.00. The number of carbonyl (C=O) groups is 2. The molecule has 80 valence electrons. The molecule has 6 heteroatoms. The Hall–Kier alpha value is -2.11. The molecule has 0 bridgehead atoms. The molecular weight excluding hydrogens is 198 g/mol. The highest BCUT2D eigenvalue weighted by Gasteiger charge is 2.11. The third kappa shape index (κ3) is 2.67. The summed E-state index contributed by atoms with van der Waals surface area (Å²) in [6, 6.07) is 1.40. The SMILES string of the molecule is COC(=O)c1cnc(NC(C)=O)cc1N. The highest BCUT2D eigenvalue weighted by Crippen LogP contribution is 2.15. The summed E-state index contributed by atoms with van der Waals surface area (Å²) >= 11 is 0. The molecule has 0 fully saturated rings. The van der Waals surface area contributed by atoms with Crippen LogP contribution < -0.4 is 11.1 Å². The number of nitrogen functional groups attached to an aromatic ring is 1. The molecule has 0 saturated carbocycles. The molecule has 0 unspecified atom stereocenters. The van der Waals surface area contributed by atoms with Gasteiger partial charge in [-0.1, -0.05) is 0 Å². The van der Waals surface area contributed by atoms with E-state index in [1.807, 2.05) is 0 Å². The third-order valence-corrected chi connectivity index (χ3v) is 1.65. The van der Waals surface area contributed by atoms with Crippen LogP contribution in [0.4, 0.5) is 11.5 Å². The van der Waals surface area contributed by atoms with E-state index in [-0.39, 0.29) is 17.2 Å². The maximum Gasteiger partial charge on any atom is 0.341 e. The van der Waals surface area contributed by atoms with Gasteiger partial charge in [0, 0.05) is 19.2 Å². The van der Waals surface area contributed by atoms with E-state index in [4.69, 9.17) is 5.73 Å². The molecule has 0 aromatic carbocycles. The van der Waals surface area contributed by atoms with Crippen LogP contribution in [0.25, 0.3) is 0 Å². The Balaban J connectivity index is 2.97. The highest BCUT2D eigenvalue weighted by atomic mass is 16.5. The zero-order chi connectivity index (χ0) is 11.4. The zero-order valence-corrected chi connectivity index (χ0v) is 8.40. The van der Waals surface area contributed by atoms with Gasteiger partial charge < -0.3 is 15.8 Å². The molecule has 1 heterocycles. The molecule has 1 rings (SSSR count). The Bertz CT molecular complexity index is 404. The number of amides is 1. The molecule has 3 N–H and O–H groups in total. The fourth-order valence-corrected chi connectivity index (χ4v) is 1.00. The number of pyridine rings is 1. The summed E-state index contributed by atoms with van der Waals surface area (Å²) in [5.41, 5.74) is 5.96. The summed E-state index contributed by atoms with van der Waals surface area (Å²) in [5.74, 6) is -0.519. The summed E-state index contributed by atoms with van der Waals surface area (Å²) in [4.78, 5) is 25.7. The predicted molar refractivity (Wildman–Crippen MR) is 54.3 cm³/mol. The van der Waals surface area contributed by atoms with Crippen molar-refractivity contribution in [3.63, 3.8) is 0 Å². The summed E-state index contributed by atoms with van der Waals surface area (Å²) in [6.07, 6.45) is 1.26. The molecule has 0 saturated heterocycles. The normalized spacial score (nSPS) is 9.47. The maximum atomic E-state index is 11.1. The van der Waals surface area contributed by atoms with Gasteiger partial charge in [0.25, 0.3) is 0 Å². The molecule has 0 aliphatic heterocycles. The second kappa shape index (κ2) is 4.41. The average molecular weight is 209 g/mol. The third-order valence-electron chi connectivity index (χ3n) is 1.65. The summed E-state index contributed by atoms with van der Waals surface area (Å²) in [5, 5.41) is 2.45. The second-order valence-electron chi connectivity index (χ2n) is 2.83. The number of nitrogens with zero attached hydrogens (tertiary/aromatic N) is 1. The molecule has 1 aromatic rings. The van der Waals surface area contributed by atoms with Crippen LogP contribution in [0.15, 0.2) is 12.3 Å². The molecular formula is C9H11N3O3. The van der Waals surface area contributed by atoms with Crippen LogP contribution in [0.5, 0.6) is 0 Å². The van der Waals surface area contributed by atoms with E-state index in [0.717, 1.165) is 0 Å². The molecule has 1 aromatic heterocycles. The van der Waals surface area contributed by atoms with Gasteiger partial charge in [0.2, 0.25) is 5.91 Å². The van der Waals surface area contributed by atoms with E-state index in [1.54, 1.807) is 0 Å². The van der Waals surface area contributed by atoms with Crippen molar-refractivity contribution in [1.82, 2.24) is 4.98 Å². The molecule has 0 spiro atoms. The number of esters is 1. The molecule has 0 aliphatic rings. The molecule has 15 heavy (non-hydrogen) atoms. The van der Waals surface area contributed by atoms with E-state index in [9.17, 15) is 9.59 Å². The van der Waals surface area contributed by atoms with Crippen molar-refractivity contribution in [1.29, 1.82) is 0 Å². The standard InChI is InChI=1S/C9H11N3O3/c1-5(13)12-8-3-7(10)6(4-11-8)9(14)15-2/h3-4H,1-2H3,(H3,10,11,12,13). The van der Waals surface area contributed by atoms with Crippen LogP contribution in [-0.2, 0) is 9.53 Å². The number of ether oxygens (including phenoxy) is 1. The number of rotatable bonds is 2. The largest absolute Gasteiger partial charge is 0.465 e. The van der Waals surface area contributed by atoms with Gasteiger partial charge in [0.05, 0.1) is 12.8 Å². The zero-order valence-electron chi connectivity index (χ0n) is 8.40. The number of nitrogens with two attached hydrogens (primary N) is 1. The van der Waals surface area contributed by atoms with Crippen LogP contribution >= 0.6 is 0 Å². The first-order chi connectivity index (χ1) is 7.04. The van der Waals surface area contributed by atoms with Gasteiger partial charge >= 0.3 is 5.97 Å². The first kappa shape index (κ1) is 11.0. The monoisotopic (exact) mass is 209 g/mol. The molecule has 6 nitrogen and oxygen atoms in total. The minimum atomic E-state index is -0.561. The summed E-state index contributed by atoms with van der Waals surface area (Å²) in [7, 11) is 1.25. The average Bonchev–Trinajstić information content (AvgIpc) is 2.16. The number of aromatic nitrogens is 1. The van der Waals surface area contributed by atoms with Gasteiger partial charge in [-0.05, 0) is 0 Å². The van der Waals surface area contributed by atoms with Crippen molar-refractivity contribution < 1.29 is 14.3 Å². The fraction of sp³-hybridized carbons (Fsp3) is 0.222. The number of carbonyl (C=O) groups excluding carboxylic acids is 2. The lowest BCUT2D eigenvalue weighted by Crippen LogP contribution is -2.11. The number of hydrogen-bond acceptors (Lipinski definition) is 5. The number of anilines is 2. The Morgan fingerprint density at radius 3 is 2.67 bits per heavy atom. The van der Waals surface area contributed by atoms with Crippen LogP contribution in [0.3, 0.4) is 0 Å². The number of methoxy groups -OCH3 is 1. The Morgan fingerprint density at radius 1 is 1.53 bits per heavy atom. The number of nitrogens with one attached hydrogen (secondary N) is 1. The Labute approximate surface area is 86.4 Å². The van der Waals surface area contributed by atoms with Crippen molar-refractivity contribution in [2.24, 2.45) is 0 Å². The van der Waals surface area contributed by atoms with E-state index < -0.39 is 5.97 Å². The van der Waals surface area contributed by atoms with E-state index >= 15 is 0 Å². The predicted octanol–water partition coefficient (Wildman–Crippen LogP) is 0.409. The lowest BCUT2D eigenvalue weighted by Gasteiger charge is -2.05. The Morgan fingerprint density at radius 2 is 2.20 bits per heavy atom. The van der Waals surface area contributed by atoms with E-state index in [1.165, 1.54) is 26.3 Å². The lowest BCUT2D eigenvalue weighted by atomic mass is 10.2. The van der Waals surface area contributed by atoms with Crippen molar-refractivity contribution in [3.05, 3.63) is 17.8 Å². The molecule has 0 aliphatic carbocycles. The topological polar surface area (TPSA) is 94.3 Å². The summed E-state index contributed by atoms with van der Waals surface area (Å²) in [6.45, 7) is 1.35. The van der Waals surface area contributed by atoms with Crippen LogP contribution in [-0.4, -0.2) is 24.0 Å². The van der Waals surface area contributed by atoms with Crippen LogP contribution in [0.2, 0.25) is 0 Å². The van der Waals surface area contributed by atoms with E-state index in [2.05, 4.69) is 15.0 Å².